The molecule has 0 unspecified atom stereocenters. The zero-order valence-corrected chi connectivity index (χ0v) is 13.5. The molecule has 0 aliphatic rings. The fourth-order valence-electron chi connectivity index (χ4n) is 1.65. The Balaban J connectivity index is 2.22. The van der Waals surface area contributed by atoms with E-state index in [4.69, 9.17) is 11.6 Å². The highest BCUT2D eigenvalue weighted by atomic mass is 79.9. The van der Waals surface area contributed by atoms with Crippen molar-refractivity contribution in [2.75, 3.05) is 0 Å². The average Bonchev–Trinajstić information content (AvgIpc) is 2.32. The molecule has 2 aromatic rings. The first kappa shape index (κ1) is 14.7. The molecular weight excluding hydrogens is 398 g/mol. The zero-order valence-electron chi connectivity index (χ0n) is 9.59. The van der Waals surface area contributed by atoms with E-state index in [1.807, 2.05) is 6.07 Å². The Kier molecular flexibility index (Phi) is 4.76. The standard InChI is InChI=1S/C14H8Br2ClFO/c15-10-5-9(6-11(16)7-10)14(19)4-8-1-2-12(17)13(18)3-8/h1-3,5-7H,4H2. The number of rotatable bonds is 3. The van der Waals surface area contributed by atoms with Crippen LogP contribution in [-0.4, -0.2) is 5.78 Å². The second kappa shape index (κ2) is 6.16. The molecule has 0 atom stereocenters. The van der Waals surface area contributed by atoms with Gasteiger partial charge in [0.2, 0.25) is 0 Å². The van der Waals surface area contributed by atoms with Crippen LogP contribution >= 0.6 is 43.5 Å². The number of benzene rings is 2. The minimum atomic E-state index is -0.512. The summed E-state index contributed by atoms with van der Waals surface area (Å²) in [6, 6.07) is 9.71. The molecule has 0 saturated carbocycles. The maximum absolute atomic E-state index is 13.3. The van der Waals surface area contributed by atoms with Gasteiger partial charge in [0.05, 0.1) is 5.02 Å². The molecule has 0 N–H and O–H groups in total. The van der Waals surface area contributed by atoms with Gasteiger partial charge < -0.3 is 0 Å². The maximum Gasteiger partial charge on any atom is 0.167 e. The van der Waals surface area contributed by atoms with E-state index in [-0.39, 0.29) is 17.2 Å². The predicted molar refractivity (Wildman–Crippen MR) is 81.3 cm³/mol. The van der Waals surface area contributed by atoms with Crippen LogP contribution in [0.1, 0.15) is 15.9 Å². The Morgan fingerprint density at radius 1 is 1.11 bits per heavy atom. The molecule has 0 amide bonds. The highest BCUT2D eigenvalue weighted by molar-refractivity contribution is 9.11. The van der Waals surface area contributed by atoms with Gasteiger partial charge in [0.25, 0.3) is 0 Å². The molecule has 2 aromatic carbocycles. The average molecular weight is 406 g/mol. The van der Waals surface area contributed by atoms with E-state index in [1.54, 1.807) is 18.2 Å². The van der Waals surface area contributed by atoms with Gasteiger partial charge in [0.15, 0.2) is 5.78 Å². The van der Waals surface area contributed by atoms with Gasteiger partial charge in [-0.05, 0) is 35.9 Å². The van der Waals surface area contributed by atoms with Gasteiger partial charge in [0, 0.05) is 20.9 Å². The van der Waals surface area contributed by atoms with Crippen LogP contribution in [-0.2, 0) is 6.42 Å². The summed E-state index contributed by atoms with van der Waals surface area (Å²) in [5.41, 5.74) is 1.17. The van der Waals surface area contributed by atoms with Gasteiger partial charge in [-0.15, -0.1) is 0 Å². The van der Waals surface area contributed by atoms with Gasteiger partial charge in [0.1, 0.15) is 5.82 Å². The second-order valence-corrected chi connectivity index (χ2v) is 6.25. The van der Waals surface area contributed by atoms with Crippen LogP contribution in [0.5, 0.6) is 0 Å². The second-order valence-electron chi connectivity index (χ2n) is 4.01. The molecule has 0 saturated heterocycles. The summed E-state index contributed by atoms with van der Waals surface area (Å²) >= 11 is 12.3. The number of carbonyl (C=O) groups excluding carboxylic acids is 1. The Morgan fingerprint density at radius 3 is 2.32 bits per heavy atom. The van der Waals surface area contributed by atoms with E-state index in [1.165, 1.54) is 12.1 Å². The molecule has 0 fully saturated rings. The quantitative estimate of drug-likeness (QED) is 0.621. The fraction of sp³-hybridized carbons (Fsp3) is 0.0714. The molecular formula is C14H8Br2ClFO. The van der Waals surface area contributed by atoms with Crippen LogP contribution in [0.25, 0.3) is 0 Å². The first-order valence-corrected chi connectivity index (χ1v) is 7.35. The minimum absolute atomic E-state index is 0.0569. The number of hydrogen-bond donors (Lipinski definition) is 0. The van der Waals surface area contributed by atoms with Crippen molar-refractivity contribution in [3.63, 3.8) is 0 Å². The van der Waals surface area contributed by atoms with Crippen LogP contribution < -0.4 is 0 Å². The molecule has 0 aliphatic carbocycles. The number of Topliss-reactive ketones (excluding diaryl/α,β-unsaturated/α-hetero) is 1. The van der Waals surface area contributed by atoms with Crippen LogP contribution in [0.3, 0.4) is 0 Å². The molecule has 98 valence electrons. The van der Waals surface area contributed by atoms with Crippen LogP contribution in [0.4, 0.5) is 4.39 Å². The molecule has 0 bridgehead atoms. The van der Waals surface area contributed by atoms with Crippen molar-refractivity contribution in [1.82, 2.24) is 0 Å². The lowest BCUT2D eigenvalue weighted by molar-refractivity contribution is 0.0993. The first-order chi connectivity index (χ1) is 8.95. The number of ketones is 1. The van der Waals surface area contributed by atoms with Crippen molar-refractivity contribution in [2.45, 2.75) is 6.42 Å². The Hall–Kier alpha value is -0.710. The summed E-state index contributed by atoms with van der Waals surface area (Å²) in [6.45, 7) is 0. The maximum atomic E-state index is 13.3. The third-order valence-electron chi connectivity index (χ3n) is 2.53. The Labute approximate surface area is 132 Å². The minimum Gasteiger partial charge on any atom is -0.294 e. The SMILES string of the molecule is O=C(Cc1ccc(Cl)c(F)c1)c1cc(Br)cc(Br)c1. The van der Waals surface area contributed by atoms with Crippen molar-refractivity contribution in [2.24, 2.45) is 0 Å². The molecule has 0 aromatic heterocycles. The molecule has 0 aliphatic heterocycles. The Bertz CT molecular complexity index is 623. The zero-order chi connectivity index (χ0) is 14.0. The molecule has 0 radical (unpaired) electrons. The first-order valence-electron chi connectivity index (χ1n) is 5.39. The molecule has 0 heterocycles. The highest BCUT2D eigenvalue weighted by Gasteiger charge is 2.10. The summed E-state index contributed by atoms with van der Waals surface area (Å²) in [4.78, 5) is 12.1. The van der Waals surface area contributed by atoms with E-state index in [0.29, 0.717) is 11.1 Å². The van der Waals surface area contributed by atoms with Crippen LogP contribution in [0, 0.1) is 5.82 Å². The van der Waals surface area contributed by atoms with Crippen molar-refractivity contribution in [3.8, 4) is 0 Å². The van der Waals surface area contributed by atoms with Crippen molar-refractivity contribution in [3.05, 3.63) is 67.3 Å². The summed E-state index contributed by atoms with van der Waals surface area (Å²) in [7, 11) is 0. The van der Waals surface area contributed by atoms with E-state index in [2.05, 4.69) is 31.9 Å². The van der Waals surface area contributed by atoms with Crippen LogP contribution in [0.15, 0.2) is 45.3 Å². The van der Waals surface area contributed by atoms with E-state index in [9.17, 15) is 9.18 Å². The van der Waals surface area contributed by atoms with Gasteiger partial charge in [-0.2, -0.15) is 0 Å². The molecule has 1 nitrogen and oxygen atoms in total. The lowest BCUT2D eigenvalue weighted by atomic mass is 10.0. The topological polar surface area (TPSA) is 17.1 Å². The molecule has 19 heavy (non-hydrogen) atoms. The third-order valence-corrected chi connectivity index (χ3v) is 3.76. The molecule has 5 heteroatoms. The largest absolute Gasteiger partial charge is 0.294 e. The normalized spacial score (nSPS) is 10.5. The number of carbonyl (C=O) groups is 1. The molecule has 2 rings (SSSR count). The monoisotopic (exact) mass is 404 g/mol. The van der Waals surface area contributed by atoms with Crippen molar-refractivity contribution < 1.29 is 9.18 Å². The Morgan fingerprint density at radius 2 is 1.74 bits per heavy atom. The molecule has 0 spiro atoms. The van der Waals surface area contributed by atoms with Crippen LogP contribution in [0.2, 0.25) is 5.02 Å². The summed E-state index contributed by atoms with van der Waals surface area (Å²) in [6.07, 6.45) is 0.136. The van der Waals surface area contributed by atoms with Crippen molar-refractivity contribution >= 4 is 49.2 Å². The van der Waals surface area contributed by atoms with E-state index < -0.39 is 5.82 Å². The lowest BCUT2D eigenvalue weighted by Crippen LogP contribution is -2.04. The smallest absolute Gasteiger partial charge is 0.167 e. The van der Waals surface area contributed by atoms with Gasteiger partial charge >= 0.3 is 0 Å². The highest BCUT2D eigenvalue weighted by Crippen LogP contribution is 2.22. The van der Waals surface area contributed by atoms with Crippen molar-refractivity contribution in [1.29, 1.82) is 0 Å². The number of halogens is 4. The third kappa shape index (κ3) is 3.88. The van der Waals surface area contributed by atoms with Gasteiger partial charge in [-0.25, -0.2) is 4.39 Å². The predicted octanol–water partition coefficient (Wildman–Crippen LogP) is 5.43. The lowest BCUT2D eigenvalue weighted by Gasteiger charge is -2.04. The van der Waals surface area contributed by atoms with Gasteiger partial charge in [-0.3, -0.25) is 4.79 Å². The van der Waals surface area contributed by atoms with E-state index in [0.717, 1.165) is 8.95 Å². The number of hydrogen-bond acceptors (Lipinski definition) is 1. The van der Waals surface area contributed by atoms with Gasteiger partial charge in [-0.1, -0.05) is 49.5 Å². The van der Waals surface area contributed by atoms with E-state index >= 15 is 0 Å². The summed E-state index contributed by atoms with van der Waals surface area (Å²) in [5, 5.41) is 0.0569. The summed E-state index contributed by atoms with van der Waals surface area (Å²) < 4.78 is 14.9. The fourth-order valence-corrected chi connectivity index (χ4v) is 3.06. The summed E-state index contributed by atoms with van der Waals surface area (Å²) in [5.74, 6) is -0.592.